The Hall–Kier alpha value is -2.67. The van der Waals surface area contributed by atoms with Crippen molar-refractivity contribution in [2.45, 2.75) is 31.8 Å². The first-order valence-electron chi connectivity index (χ1n) is 10.6. The smallest absolute Gasteiger partial charge is 0.232 e. The maximum atomic E-state index is 12.7. The monoisotopic (exact) mass is 421 g/mol. The average molecular weight is 422 g/mol. The maximum Gasteiger partial charge on any atom is 0.232 e. The van der Waals surface area contributed by atoms with Crippen LogP contribution in [-0.4, -0.2) is 49.7 Å². The van der Waals surface area contributed by atoms with Crippen molar-refractivity contribution in [2.24, 2.45) is 0 Å². The summed E-state index contributed by atoms with van der Waals surface area (Å²) in [6.45, 7) is 4.42. The Morgan fingerprint density at radius 2 is 1.97 bits per heavy atom. The van der Waals surface area contributed by atoms with E-state index in [0.717, 1.165) is 43.9 Å². The number of nitrogens with zero attached hydrogens (tertiary/aromatic N) is 4. The van der Waals surface area contributed by atoms with Crippen LogP contribution in [0.2, 0.25) is 0 Å². The summed E-state index contributed by atoms with van der Waals surface area (Å²) in [6.07, 6.45) is 5.99. The number of carbonyl (C=O) groups is 1. The van der Waals surface area contributed by atoms with Gasteiger partial charge in [0.15, 0.2) is 0 Å². The molecule has 2 aliphatic heterocycles. The van der Waals surface area contributed by atoms with Crippen LogP contribution in [0.25, 0.3) is 5.69 Å². The number of anilines is 1. The summed E-state index contributed by atoms with van der Waals surface area (Å²) in [5, 5.41) is 8.21. The van der Waals surface area contributed by atoms with Gasteiger partial charge in [-0.25, -0.2) is 0 Å². The summed E-state index contributed by atoms with van der Waals surface area (Å²) in [6, 6.07) is 14.8. The molecule has 1 amide bonds. The lowest BCUT2D eigenvalue weighted by atomic mass is 9.82. The summed E-state index contributed by atoms with van der Waals surface area (Å²) in [4.78, 5) is 14.8. The van der Waals surface area contributed by atoms with Crippen LogP contribution in [0.5, 0.6) is 0 Å². The number of thioether (sulfide) groups is 1. The van der Waals surface area contributed by atoms with Gasteiger partial charge < -0.3 is 14.8 Å². The zero-order chi connectivity index (χ0) is 20.6. The largest absolute Gasteiger partial charge is 0.372 e. The van der Waals surface area contributed by atoms with Crippen LogP contribution in [0, 0.1) is 6.92 Å². The molecular formula is C23H27N5OS. The Labute approximate surface area is 181 Å². The minimum Gasteiger partial charge on any atom is -0.372 e. The number of rotatable bonds is 5. The molecule has 6 nitrogen and oxygen atoms in total. The van der Waals surface area contributed by atoms with E-state index in [1.54, 1.807) is 11.8 Å². The topological polar surface area (TPSA) is 55.1 Å². The van der Waals surface area contributed by atoms with E-state index < -0.39 is 0 Å². The first kappa shape index (κ1) is 19.3. The average Bonchev–Trinajstić information content (AvgIpc) is 3.42. The van der Waals surface area contributed by atoms with Gasteiger partial charge in [0.25, 0.3) is 0 Å². The highest BCUT2D eigenvalue weighted by Gasteiger charge is 2.42. The molecule has 1 saturated heterocycles. The van der Waals surface area contributed by atoms with Gasteiger partial charge in [0.05, 0.1) is 28.4 Å². The van der Waals surface area contributed by atoms with Crippen LogP contribution in [0.4, 0.5) is 5.69 Å². The minimum absolute atomic E-state index is 0.0975. The lowest BCUT2D eigenvalue weighted by molar-refractivity contribution is -0.129. The summed E-state index contributed by atoms with van der Waals surface area (Å²) < 4.78 is 4.25. The van der Waals surface area contributed by atoms with E-state index in [1.165, 1.54) is 17.1 Å². The van der Waals surface area contributed by atoms with Crippen LogP contribution in [-0.2, 0) is 16.9 Å². The van der Waals surface area contributed by atoms with Crippen LogP contribution >= 0.6 is 11.8 Å². The Balaban J connectivity index is 1.18. The molecule has 2 aromatic heterocycles. The molecule has 0 bridgehead atoms. The standard InChI is InChI=1S/C23H27N5OS/c1-18-8-12-27(25-18)15-16-30-17-22(29)26-13-9-23(10-14-26)21-7-4-11-28(21)20-6-3-2-5-19(20)24-23/h2-8,11-12,24H,9-10,13-17H2,1H3. The minimum atomic E-state index is -0.0975. The second-order valence-corrected chi connectivity index (χ2v) is 9.25. The molecule has 156 valence electrons. The predicted octanol–water partition coefficient (Wildman–Crippen LogP) is 3.66. The summed E-state index contributed by atoms with van der Waals surface area (Å²) in [5.74, 6) is 1.69. The number of aryl methyl sites for hydroxylation is 2. The normalized spacial score (nSPS) is 16.8. The van der Waals surface area contributed by atoms with E-state index in [9.17, 15) is 4.79 Å². The van der Waals surface area contributed by atoms with Gasteiger partial charge in [-0.15, -0.1) is 0 Å². The third-order valence-corrected chi connectivity index (χ3v) is 7.13. The fourth-order valence-corrected chi connectivity index (χ4v) is 5.43. The molecule has 0 saturated carbocycles. The lowest BCUT2D eigenvalue weighted by Crippen LogP contribution is -2.51. The van der Waals surface area contributed by atoms with Gasteiger partial charge in [-0.1, -0.05) is 12.1 Å². The first-order chi connectivity index (χ1) is 14.6. The predicted molar refractivity (Wildman–Crippen MR) is 121 cm³/mol. The number of fused-ring (bicyclic) bond motifs is 4. The third-order valence-electron chi connectivity index (χ3n) is 6.21. The summed E-state index contributed by atoms with van der Waals surface area (Å²) >= 11 is 1.70. The van der Waals surface area contributed by atoms with Crippen molar-refractivity contribution in [3.8, 4) is 5.69 Å². The van der Waals surface area contributed by atoms with Crippen molar-refractivity contribution in [1.82, 2.24) is 19.2 Å². The molecule has 2 aliphatic rings. The molecule has 30 heavy (non-hydrogen) atoms. The van der Waals surface area contributed by atoms with Crippen molar-refractivity contribution < 1.29 is 4.79 Å². The molecule has 1 fully saturated rings. The van der Waals surface area contributed by atoms with Crippen molar-refractivity contribution in [1.29, 1.82) is 0 Å². The molecule has 7 heteroatoms. The number of amides is 1. The number of aromatic nitrogens is 3. The molecule has 1 N–H and O–H groups in total. The van der Waals surface area contributed by atoms with Crippen LogP contribution < -0.4 is 5.32 Å². The number of nitrogens with one attached hydrogen (secondary N) is 1. The van der Waals surface area contributed by atoms with Crippen LogP contribution in [0.3, 0.4) is 0 Å². The number of hydrogen-bond acceptors (Lipinski definition) is 4. The number of para-hydroxylation sites is 2. The van der Waals surface area contributed by atoms with Crippen LogP contribution in [0.1, 0.15) is 24.2 Å². The Morgan fingerprint density at radius 1 is 1.13 bits per heavy atom. The van der Waals surface area contributed by atoms with Gasteiger partial charge >= 0.3 is 0 Å². The molecular weight excluding hydrogens is 394 g/mol. The van der Waals surface area contributed by atoms with Gasteiger partial charge in [-0.2, -0.15) is 16.9 Å². The van der Waals surface area contributed by atoms with E-state index in [4.69, 9.17) is 0 Å². The van der Waals surface area contributed by atoms with Crippen LogP contribution in [0.15, 0.2) is 54.9 Å². The number of hydrogen-bond donors (Lipinski definition) is 1. The highest BCUT2D eigenvalue weighted by molar-refractivity contribution is 7.99. The van der Waals surface area contributed by atoms with Crippen molar-refractivity contribution in [2.75, 3.05) is 29.9 Å². The van der Waals surface area contributed by atoms with E-state index in [1.807, 2.05) is 28.8 Å². The second kappa shape index (κ2) is 7.87. The zero-order valence-corrected chi connectivity index (χ0v) is 18.1. The highest BCUT2D eigenvalue weighted by atomic mass is 32.2. The Kier molecular flexibility index (Phi) is 5.06. The summed E-state index contributed by atoms with van der Waals surface area (Å²) in [7, 11) is 0. The molecule has 0 radical (unpaired) electrons. The highest BCUT2D eigenvalue weighted by Crippen LogP contribution is 2.43. The number of carbonyl (C=O) groups excluding carboxylic acids is 1. The molecule has 4 heterocycles. The van der Waals surface area contributed by atoms with E-state index >= 15 is 0 Å². The van der Waals surface area contributed by atoms with Gasteiger partial charge in [0.2, 0.25) is 5.91 Å². The first-order valence-corrected chi connectivity index (χ1v) is 11.7. The second-order valence-electron chi connectivity index (χ2n) is 8.14. The molecule has 0 atom stereocenters. The van der Waals surface area contributed by atoms with Gasteiger partial charge in [0.1, 0.15) is 0 Å². The number of benzene rings is 1. The van der Waals surface area contributed by atoms with Crippen molar-refractivity contribution in [3.63, 3.8) is 0 Å². The Bertz CT molecular complexity index is 1050. The summed E-state index contributed by atoms with van der Waals surface area (Å²) in [5.41, 5.74) is 4.61. The van der Waals surface area contributed by atoms with Crippen molar-refractivity contribution >= 4 is 23.4 Å². The van der Waals surface area contributed by atoms with E-state index in [0.29, 0.717) is 5.75 Å². The lowest BCUT2D eigenvalue weighted by Gasteiger charge is -2.46. The van der Waals surface area contributed by atoms with Crippen molar-refractivity contribution in [3.05, 3.63) is 66.2 Å². The van der Waals surface area contributed by atoms with E-state index in [2.05, 4.69) is 57.6 Å². The Morgan fingerprint density at radius 3 is 2.77 bits per heavy atom. The maximum absolute atomic E-state index is 12.7. The van der Waals surface area contributed by atoms with Gasteiger partial charge in [-0.3, -0.25) is 9.48 Å². The number of likely N-dealkylation sites (tertiary alicyclic amines) is 1. The van der Waals surface area contributed by atoms with Gasteiger partial charge in [-0.05, 0) is 50.1 Å². The molecule has 0 aliphatic carbocycles. The zero-order valence-electron chi connectivity index (χ0n) is 17.3. The molecule has 0 unspecified atom stereocenters. The van der Waals surface area contributed by atoms with E-state index in [-0.39, 0.29) is 11.4 Å². The molecule has 1 spiro atoms. The number of piperidine rings is 1. The quantitative estimate of drug-likeness (QED) is 0.639. The third kappa shape index (κ3) is 3.51. The fourth-order valence-electron chi connectivity index (χ4n) is 4.61. The molecule has 3 aromatic rings. The SMILES string of the molecule is Cc1ccn(CCSCC(=O)N2CCC3(CC2)Nc2ccccc2-n2cccc23)n1. The molecule has 5 rings (SSSR count). The van der Waals surface area contributed by atoms with Gasteiger partial charge in [0, 0.05) is 43.5 Å². The fraction of sp³-hybridized carbons (Fsp3) is 0.391. The molecule has 1 aromatic carbocycles.